The zero-order valence-electron chi connectivity index (χ0n) is 32.1. The third-order valence-electron chi connectivity index (χ3n) is 10.7. The summed E-state index contributed by atoms with van der Waals surface area (Å²) >= 11 is 0. The van der Waals surface area contributed by atoms with Crippen molar-refractivity contribution in [3.8, 4) is 45.5 Å². The van der Waals surface area contributed by atoms with E-state index in [1.807, 2.05) is 60.9 Å². The molecule has 0 spiro atoms. The van der Waals surface area contributed by atoms with Gasteiger partial charge in [-0.3, -0.25) is 18.4 Å². The third-order valence-corrected chi connectivity index (χ3v) is 10.7. The van der Waals surface area contributed by atoms with Crippen molar-refractivity contribution in [2.24, 2.45) is 0 Å². The van der Waals surface area contributed by atoms with Gasteiger partial charge in [0.05, 0.1) is 39.8 Å². The monoisotopic (exact) mass is 744 g/mol. The summed E-state index contributed by atoms with van der Waals surface area (Å²) in [6.45, 7) is 4.23. The molecule has 0 atom stereocenters. The number of nitrogens with one attached hydrogen (secondary N) is 1. The van der Waals surface area contributed by atoms with Gasteiger partial charge < -0.3 is 29.2 Å². The van der Waals surface area contributed by atoms with Crippen LogP contribution in [0.1, 0.15) is 48.6 Å². The average molecular weight is 745 g/mol. The number of aromatic nitrogens is 4. The van der Waals surface area contributed by atoms with E-state index < -0.39 is 0 Å². The maximum absolute atomic E-state index is 12.8. The van der Waals surface area contributed by atoms with E-state index in [0.29, 0.717) is 57.5 Å². The van der Waals surface area contributed by atoms with Gasteiger partial charge in [-0.15, -0.1) is 0 Å². The highest BCUT2D eigenvalue weighted by Gasteiger charge is 2.20. The first-order valence-corrected chi connectivity index (χ1v) is 18.7. The fourth-order valence-corrected chi connectivity index (χ4v) is 7.51. The Kier molecular flexibility index (Phi) is 11.4. The van der Waals surface area contributed by atoms with Crippen molar-refractivity contribution in [3.63, 3.8) is 0 Å². The molecule has 8 rings (SSSR count). The highest BCUT2D eigenvalue weighted by Crippen LogP contribution is 2.33. The molecule has 0 amide bonds. The molecule has 4 aromatic heterocycles. The van der Waals surface area contributed by atoms with Gasteiger partial charge in [-0.25, -0.2) is 9.97 Å². The summed E-state index contributed by atoms with van der Waals surface area (Å²) in [5.74, 6) is 3.50. The fourth-order valence-electron chi connectivity index (χ4n) is 7.51. The summed E-state index contributed by atoms with van der Waals surface area (Å²) in [4.78, 5) is 37.3. The van der Waals surface area contributed by atoms with Crippen molar-refractivity contribution < 1.29 is 18.9 Å². The van der Waals surface area contributed by atoms with E-state index >= 15 is 0 Å². The largest absolute Gasteiger partial charge is 0.493 e. The quantitative estimate of drug-likeness (QED) is 0.198. The standard InChI is InChI=1S/C22H25N3O3.C21H23N3O3/c1-24-10-8-15(9-11-24)17-5-7-21-23-18(13-22(26)25(21)14-17)16-4-6-19(27-2)20(12-16)28-3;1-26-18-5-3-15(11-19(18)27-2)17-12-21(25)24-13-16(4-6-20(24)23-17)14-7-9-22-10-8-14/h4-7,12-15H,8-11H2,1-3H3;3-6,11-14,22H,7-10H2,1-2H3. The van der Waals surface area contributed by atoms with Gasteiger partial charge in [-0.05, 0) is 130 Å². The first kappa shape index (κ1) is 37.6. The second-order valence-electron chi connectivity index (χ2n) is 14.1. The SMILES string of the molecule is COc1ccc(-c2cc(=O)n3cc(C4CCN(C)CC4)ccc3n2)cc1OC.COc1ccc(-c2cc(=O)n3cc(C4CCNCC4)ccc3n2)cc1OC. The minimum atomic E-state index is -0.0828. The van der Waals surface area contributed by atoms with E-state index in [-0.39, 0.29) is 11.1 Å². The van der Waals surface area contributed by atoms with Gasteiger partial charge in [0.15, 0.2) is 23.0 Å². The third kappa shape index (κ3) is 8.20. The molecule has 12 heteroatoms. The van der Waals surface area contributed by atoms with Crippen LogP contribution in [-0.4, -0.2) is 85.3 Å². The molecular formula is C43H48N6O6. The molecule has 55 heavy (non-hydrogen) atoms. The number of hydrogen-bond acceptors (Lipinski definition) is 10. The van der Waals surface area contributed by atoms with Gasteiger partial charge in [-0.2, -0.15) is 0 Å². The number of pyridine rings is 2. The van der Waals surface area contributed by atoms with Crippen molar-refractivity contribution >= 4 is 11.3 Å². The van der Waals surface area contributed by atoms with Crippen molar-refractivity contribution in [1.82, 2.24) is 29.0 Å². The lowest BCUT2D eigenvalue weighted by atomic mass is 9.91. The molecule has 286 valence electrons. The van der Waals surface area contributed by atoms with Crippen LogP contribution < -0.4 is 35.4 Å². The fraction of sp³-hybridized carbons (Fsp3) is 0.349. The molecule has 0 aliphatic carbocycles. The minimum Gasteiger partial charge on any atom is -0.493 e. The van der Waals surface area contributed by atoms with Crippen LogP contribution in [0.4, 0.5) is 0 Å². The van der Waals surface area contributed by atoms with Gasteiger partial charge in [-0.1, -0.05) is 12.1 Å². The predicted octanol–water partition coefficient (Wildman–Crippen LogP) is 6.03. The van der Waals surface area contributed by atoms with Crippen molar-refractivity contribution in [2.45, 2.75) is 37.5 Å². The Morgan fingerprint density at radius 2 is 1.00 bits per heavy atom. The van der Waals surface area contributed by atoms with Crippen molar-refractivity contribution in [3.05, 3.63) is 117 Å². The molecule has 1 N–H and O–H groups in total. The molecule has 2 aliphatic rings. The van der Waals surface area contributed by atoms with E-state index in [1.54, 1.807) is 49.4 Å². The average Bonchev–Trinajstić information content (AvgIpc) is 3.23. The number of piperidine rings is 2. The first-order valence-electron chi connectivity index (χ1n) is 18.7. The van der Waals surface area contributed by atoms with Crippen molar-refractivity contribution in [1.29, 1.82) is 0 Å². The molecule has 2 aliphatic heterocycles. The summed E-state index contributed by atoms with van der Waals surface area (Å²) < 4.78 is 24.6. The molecule has 0 radical (unpaired) electrons. The Morgan fingerprint density at radius 1 is 0.564 bits per heavy atom. The van der Waals surface area contributed by atoms with E-state index in [9.17, 15) is 9.59 Å². The lowest BCUT2D eigenvalue weighted by Gasteiger charge is -2.29. The molecule has 2 aromatic carbocycles. The van der Waals surface area contributed by atoms with Crippen LogP contribution in [0.15, 0.2) is 94.8 Å². The van der Waals surface area contributed by atoms with Gasteiger partial charge in [0.1, 0.15) is 11.3 Å². The first-order chi connectivity index (χ1) is 26.8. The van der Waals surface area contributed by atoms with E-state index in [0.717, 1.165) is 63.0 Å². The van der Waals surface area contributed by atoms with Crippen LogP contribution in [-0.2, 0) is 0 Å². The maximum Gasteiger partial charge on any atom is 0.258 e. The Labute approximate surface area is 320 Å². The van der Waals surface area contributed by atoms with Crippen LogP contribution in [0.5, 0.6) is 23.0 Å². The number of likely N-dealkylation sites (tertiary alicyclic amines) is 1. The number of benzene rings is 2. The summed E-state index contributed by atoms with van der Waals surface area (Å²) in [6.07, 6.45) is 8.33. The Balaban J connectivity index is 0.000000169. The molecule has 0 bridgehead atoms. The smallest absolute Gasteiger partial charge is 0.258 e. The Morgan fingerprint density at radius 3 is 1.44 bits per heavy atom. The minimum absolute atomic E-state index is 0.0791. The number of nitrogens with zero attached hydrogens (tertiary/aromatic N) is 5. The summed E-state index contributed by atoms with van der Waals surface area (Å²) in [5, 5.41) is 3.38. The van der Waals surface area contributed by atoms with Crippen LogP contribution in [0, 0.1) is 0 Å². The molecule has 2 saturated heterocycles. The Hall–Kier alpha value is -5.72. The van der Waals surface area contributed by atoms with E-state index in [2.05, 4.69) is 34.4 Å². The van der Waals surface area contributed by atoms with Gasteiger partial charge in [0, 0.05) is 35.7 Å². The van der Waals surface area contributed by atoms with Gasteiger partial charge in [0.25, 0.3) is 11.1 Å². The molecule has 0 unspecified atom stereocenters. The van der Waals surface area contributed by atoms with Crippen LogP contribution in [0.3, 0.4) is 0 Å². The van der Waals surface area contributed by atoms with Crippen LogP contribution in [0.2, 0.25) is 0 Å². The molecule has 12 nitrogen and oxygen atoms in total. The topological polar surface area (TPSA) is 121 Å². The zero-order valence-corrected chi connectivity index (χ0v) is 32.1. The predicted molar refractivity (Wildman–Crippen MR) is 214 cm³/mol. The normalized spacial score (nSPS) is 15.4. The number of rotatable bonds is 8. The number of ether oxygens (including phenoxy) is 4. The van der Waals surface area contributed by atoms with E-state index in [1.165, 1.54) is 11.1 Å². The second-order valence-corrected chi connectivity index (χ2v) is 14.1. The molecule has 6 heterocycles. The van der Waals surface area contributed by atoms with Gasteiger partial charge in [0.2, 0.25) is 0 Å². The second kappa shape index (κ2) is 16.7. The number of fused-ring (bicyclic) bond motifs is 2. The summed E-state index contributed by atoms with van der Waals surface area (Å²) in [7, 11) is 8.53. The lowest BCUT2D eigenvalue weighted by Crippen LogP contribution is -2.29. The summed E-state index contributed by atoms with van der Waals surface area (Å²) in [6, 6.07) is 22.3. The molecule has 0 saturated carbocycles. The van der Waals surface area contributed by atoms with Crippen LogP contribution in [0.25, 0.3) is 33.8 Å². The highest BCUT2D eigenvalue weighted by atomic mass is 16.5. The highest BCUT2D eigenvalue weighted by molar-refractivity contribution is 5.67. The number of methoxy groups -OCH3 is 4. The molecular weight excluding hydrogens is 697 g/mol. The summed E-state index contributed by atoms with van der Waals surface area (Å²) in [5.41, 5.74) is 6.42. The maximum atomic E-state index is 12.8. The lowest BCUT2D eigenvalue weighted by molar-refractivity contribution is 0.255. The van der Waals surface area contributed by atoms with E-state index in [4.69, 9.17) is 23.9 Å². The van der Waals surface area contributed by atoms with Gasteiger partial charge >= 0.3 is 0 Å². The molecule has 2 fully saturated rings. The van der Waals surface area contributed by atoms with Crippen molar-refractivity contribution in [2.75, 3.05) is 61.7 Å². The zero-order chi connectivity index (χ0) is 38.5. The molecule has 6 aromatic rings. The van der Waals surface area contributed by atoms with Crippen LogP contribution >= 0.6 is 0 Å². The number of hydrogen-bond donors (Lipinski definition) is 1. The Bertz CT molecular complexity index is 2410.